The van der Waals surface area contributed by atoms with E-state index < -0.39 is 50.0 Å². The van der Waals surface area contributed by atoms with Crippen LogP contribution in [0.15, 0.2) is 65.1 Å². The fraction of sp³-hybridized carbons (Fsp3) is 0.267. The summed E-state index contributed by atoms with van der Waals surface area (Å²) < 4.78 is 57.3. The second-order valence-electron chi connectivity index (χ2n) is 10.5. The molecule has 1 amide bonds. The molecule has 5 rings (SSSR count). The topological polar surface area (TPSA) is 123 Å². The van der Waals surface area contributed by atoms with Crippen LogP contribution in [0.1, 0.15) is 12.5 Å². The number of benzene rings is 1. The van der Waals surface area contributed by atoms with Crippen molar-refractivity contribution >= 4 is 32.6 Å². The first-order valence-corrected chi connectivity index (χ1v) is 15.3. The zero-order valence-corrected chi connectivity index (χ0v) is 24.8. The molecule has 1 aliphatic heterocycles. The SMILES string of the molecule is [C-]#[N+]C[C@H]1CN(C(=O)C=C)C[C@H](C)N1c1nc(=O)n(-c2c(C)ccnc2S(C)(=O)=O)c2nc(-c3ccccc3F)c(F)cc12. The smallest absolute Gasteiger partial charge is 0.339 e. The van der Waals surface area contributed by atoms with E-state index in [1.54, 1.807) is 18.7 Å². The number of anilines is 1. The Kier molecular flexibility index (Phi) is 8.00. The number of rotatable bonds is 6. The lowest BCUT2D eigenvalue weighted by Crippen LogP contribution is -2.60. The lowest BCUT2D eigenvalue weighted by molar-refractivity contribution is -0.127. The molecule has 1 fully saturated rings. The summed E-state index contributed by atoms with van der Waals surface area (Å²) >= 11 is 0. The molecule has 11 nitrogen and oxygen atoms in total. The molecule has 1 aromatic carbocycles. The Hall–Kier alpha value is -5.03. The molecule has 0 saturated carbocycles. The van der Waals surface area contributed by atoms with Crippen molar-refractivity contribution in [2.75, 3.05) is 30.8 Å². The number of fused-ring (bicyclic) bond motifs is 1. The van der Waals surface area contributed by atoms with Gasteiger partial charge in [-0.3, -0.25) is 4.79 Å². The van der Waals surface area contributed by atoms with Crippen LogP contribution in [0.5, 0.6) is 0 Å². The van der Waals surface area contributed by atoms with E-state index in [1.807, 2.05) is 0 Å². The van der Waals surface area contributed by atoms with Crippen molar-refractivity contribution < 1.29 is 22.0 Å². The number of aryl methyl sites for hydroxylation is 1. The predicted molar refractivity (Wildman–Crippen MR) is 160 cm³/mol. The van der Waals surface area contributed by atoms with E-state index in [0.29, 0.717) is 5.56 Å². The minimum Gasteiger partial charge on any atom is -0.339 e. The van der Waals surface area contributed by atoms with Crippen molar-refractivity contribution in [3.05, 3.63) is 94.3 Å². The van der Waals surface area contributed by atoms with E-state index in [-0.39, 0.29) is 53.6 Å². The largest absolute Gasteiger partial charge is 0.355 e. The van der Waals surface area contributed by atoms with Gasteiger partial charge in [-0.05, 0) is 49.8 Å². The Morgan fingerprint density at radius 3 is 2.57 bits per heavy atom. The Morgan fingerprint density at radius 1 is 1.18 bits per heavy atom. The molecule has 0 bridgehead atoms. The van der Waals surface area contributed by atoms with Crippen LogP contribution in [0.2, 0.25) is 0 Å². The van der Waals surface area contributed by atoms with Gasteiger partial charge in [-0.2, -0.15) is 4.98 Å². The summed E-state index contributed by atoms with van der Waals surface area (Å²) in [7, 11) is -3.99. The van der Waals surface area contributed by atoms with Crippen LogP contribution in [0.4, 0.5) is 14.6 Å². The van der Waals surface area contributed by atoms with Gasteiger partial charge in [0.1, 0.15) is 29.2 Å². The summed E-state index contributed by atoms with van der Waals surface area (Å²) in [6.45, 7) is 14.6. The zero-order valence-electron chi connectivity index (χ0n) is 24.0. The van der Waals surface area contributed by atoms with Crippen LogP contribution in [0.3, 0.4) is 0 Å². The van der Waals surface area contributed by atoms with Gasteiger partial charge in [0.25, 0.3) is 0 Å². The zero-order chi connectivity index (χ0) is 31.9. The molecular formula is C30H27F2N7O4S. The number of pyridine rings is 2. The van der Waals surface area contributed by atoms with Gasteiger partial charge in [-0.1, -0.05) is 18.7 Å². The summed E-state index contributed by atoms with van der Waals surface area (Å²) in [4.78, 5) is 45.9. The maximum Gasteiger partial charge on any atom is 0.355 e. The van der Waals surface area contributed by atoms with Crippen LogP contribution < -0.4 is 10.6 Å². The summed E-state index contributed by atoms with van der Waals surface area (Å²) in [5, 5.41) is -0.417. The van der Waals surface area contributed by atoms with Crippen molar-refractivity contribution in [2.24, 2.45) is 0 Å². The summed E-state index contributed by atoms with van der Waals surface area (Å²) in [5.74, 6) is -2.02. The maximum atomic E-state index is 15.9. The fourth-order valence-corrected chi connectivity index (χ4v) is 6.40. The lowest BCUT2D eigenvalue weighted by atomic mass is 10.0. The van der Waals surface area contributed by atoms with Crippen molar-refractivity contribution in [1.82, 2.24) is 24.4 Å². The van der Waals surface area contributed by atoms with E-state index in [4.69, 9.17) is 6.57 Å². The monoisotopic (exact) mass is 619 g/mol. The number of nitrogens with zero attached hydrogens (tertiary/aromatic N) is 7. The Balaban J connectivity index is 1.89. The average molecular weight is 620 g/mol. The standard InChI is InChI=1S/C30H27F2N7O4S/c1-6-24(40)37-15-18(3)38(19(16-37)14-33-4)28-21-13-23(32)25(20-9-7-8-10-22(20)31)35-27(21)39(30(41)36-28)26-17(2)11-12-34-29(26)44(5,42)43/h6-13,18-19H,1,14-16H2,2-3,5H3/t18-,19-/m0/s1. The van der Waals surface area contributed by atoms with Crippen LogP contribution in [0, 0.1) is 25.1 Å². The van der Waals surface area contributed by atoms with Gasteiger partial charge in [0, 0.05) is 37.1 Å². The van der Waals surface area contributed by atoms with Gasteiger partial charge < -0.3 is 14.6 Å². The van der Waals surface area contributed by atoms with E-state index in [0.717, 1.165) is 23.0 Å². The van der Waals surface area contributed by atoms with Crippen molar-refractivity contribution in [1.29, 1.82) is 0 Å². The highest BCUT2D eigenvalue weighted by atomic mass is 32.2. The van der Waals surface area contributed by atoms with Gasteiger partial charge in [-0.25, -0.2) is 43.1 Å². The molecule has 0 N–H and O–H groups in total. The number of carbonyl (C=O) groups is 1. The maximum absolute atomic E-state index is 15.9. The highest BCUT2D eigenvalue weighted by Crippen LogP contribution is 2.34. The molecule has 0 unspecified atom stereocenters. The molecule has 2 atom stereocenters. The van der Waals surface area contributed by atoms with Gasteiger partial charge in [0.05, 0.1) is 11.1 Å². The van der Waals surface area contributed by atoms with Crippen LogP contribution in [0.25, 0.3) is 32.8 Å². The molecular weight excluding hydrogens is 592 g/mol. The first-order chi connectivity index (χ1) is 20.9. The van der Waals surface area contributed by atoms with Gasteiger partial charge >= 0.3 is 5.69 Å². The number of hydrogen-bond acceptors (Lipinski definition) is 8. The minimum atomic E-state index is -3.99. The molecule has 0 radical (unpaired) electrons. The molecule has 1 aliphatic rings. The van der Waals surface area contributed by atoms with Crippen LogP contribution >= 0.6 is 0 Å². The highest BCUT2D eigenvalue weighted by molar-refractivity contribution is 7.90. The van der Waals surface area contributed by atoms with Gasteiger partial charge in [0.15, 0.2) is 20.5 Å². The van der Waals surface area contributed by atoms with Crippen molar-refractivity contribution in [3.63, 3.8) is 0 Å². The molecule has 14 heteroatoms. The first-order valence-electron chi connectivity index (χ1n) is 13.4. The highest BCUT2D eigenvalue weighted by Gasteiger charge is 2.38. The second kappa shape index (κ2) is 11.6. The molecule has 44 heavy (non-hydrogen) atoms. The predicted octanol–water partition coefficient (Wildman–Crippen LogP) is 3.34. The Morgan fingerprint density at radius 2 is 1.91 bits per heavy atom. The third-order valence-corrected chi connectivity index (χ3v) is 8.42. The summed E-state index contributed by atoms with van der Waals surface area (Å²) in [6, 6.07) is 6.83. The number of aromatic nitrogens is 4. The summed E-state index contributed by atoms with van der Waals surface area (Å²) in [5.41, 5.74) is -1.52. The number of hydrogen-bond donors (Lipinski definition) is 0. The van der Waals surface area contributed by atoms with E-state index in [9.17, 15) is 22.4 Å². The Bertz CT molecular complexity index is 2040. The number of halogens is 2. The lowest BCUT2D eigenvalue weighted by Gasteiger charge is -2.44. The summed E-state index contributed by atoms with van der Waals surface area (Å²) in [6.07, 6.45) is 3.39. The fourth-order valence-electron chi connectivity index (χ4n) is 5.54. The number of sulfone groups is 1. The molecule has 1 saturated heterocycles. The van der Waals surface area contributed by atoms with E-state index in [2.05, 4.69) is 26.4 Å². The number of carbonyl (C=O) groups excluding carboxylic acids is 1. The van der Waals surface area contributed by atoms with E-state index >= 15 is 4.39 Å². The molecule has 0 spiro atoms. The van der Waals surface area contributed by atoms with Gasteiger partial charge in [-0.15, -0.1) is 0 Å². The first kappa shape index (κ1) is 30.4. The second-order valence-corrected chi connectivity index (χ2v) is 12.4. The van der Waals surface area contributed by atoms with Crippen LogP contribution in [-0.2, 0) is 14.6 Å². The normalized spacial score (nSPS) is 17.0. The van der Waals surface area contributed by atoms with E-state index in [1.165, 1.54) is 41.4 Å². The molecule has 4 aromatic rings. The third-order valence-electron chi connectivity index (χ3n) is 7.41. The minimum absolute atomic E-state index is 0.00946. The number of piperazine rings is 1. The average Bonchev–Trinajstić information content (AvgIpc) is 2.97. The molecule has 3 aromatic heterocycles. The molecule has 226 valence electrons. The quantitative estimate of drug-likeness (QED) is 0.238. The molecule has 4 heterocycles. The Labute approximate surface area is 251 Å². The van der Waals surface area contributed by atoms with Crippen LogP contribution in [-0.4, -0.2) is 76.7 Å². The van der Waals surface area contributed by atoms with Crippen molar-refractivity contribution in [3.8, 4) is 16.9 Å². The third kappa shape index (κ3) is 5.30. The molecule has 0 aliphatic carbocycles. The van der Waals surface area contributed by atoms with Gasteiger partial charge in [0.2, 0.25) is 12.5 Å². The van der Waals surface area contributed by atoms with Crippen molar-refractivity contribution in [2.45, 2.75) is 31.0 Å². The number of amides is 1.